The molecule has 1 heterocycles. The number of aliphatic hydroxyl groups is 1. The average molecular weight is 354 g/mol. The number of amides is 1. The number of unbranched alkanes of at least 4 members (excludes halogenated alkanes) is 1. The highest BCUT2D eigenvalue weighted by atomic mass is 32.2. The van der Waals surface area contributed by atoms with Crippen LogP contribution in [-0.2, 0) is 10.0 Å². The lowest BCUT2D eigenvalue weighted by molar-refractivity contribution is 0.0952. The van der Waals surface area contributed by atoms with Gasteiger partial charge in [0.2, 0.25) is 10.0 Å². The van der Waals surface area contributed by atoms with Gasteiger partial charge in [-0.1, -0.05) is 6.42 Å². The van der Waals surface area contributed by atoms with Gasteiger partial charge in [0, 0.05) is 31.3 Å². The highest BCUT2D eigenvalue weighted by molar-refractivity contribution is 7.89. The molecule has 1 amide bonds. The largest absolute Gasteiger partial charge is 0.396 e. The molecule has 2 N–H and O–H groups in total. The molecule has 0 bridgehead atoms. The third-order valence-corrected chi connectivity index (χ3v) is 6.36. The zero-order valence-corrected chi connectivity index (χ0v) is 14.9. The minimum atomic E-state index is -3.50. The Kier molecular flexibility index (Phi) is 6.77. The molecule has 1 fully saturated rings. The lowest BCUT2D eigenvalue weighted by atomic mass is 10.1. The van der Waals surface area contributed by atoms with Gasteiger partial charge in [0.05, 0.1) is 4.90 Å². The Labute approximate surface area is 143 Å². The fourth-order valence-electron chi connectivity index (χ4n) is 2.88. The van der Waals surface area contributed by atoms with Crippen LogP contribution in [0.2, 0.25) is 0 Å². The summed E-state index contributed by atoms with van der Waals surface area (Å²) < 4.78 is 27.0. The second-order valence-corrected chi connectivity index (χ2v) is 8.06. The molecule has 134 valence electrons. The summed E-state index contributed by atoms with van der Waals surface area (Å²) in [6.07, 6.45) is 4.18. The molecular weight excluding hydrogens is 328 g/mol. The first kappa shape index (κ1) is 18.9. The van der Waals surface area contributed by atoms with Crippen LogP contribution in [0.15, 0.2) is 29.2 Å². The number of carbonyl (C=O) groups is 1. The minimum Gasteiger partial charge on any atom is -0.396 e. The third kappa shape index (κ3) is 4.55. The fourth-order valence-corrected chi connectivity index (χ4v) is 4.58. The standard InChI is InChI=1S/C17H26N2O4S/c1-14-6-2-4-12-19(14)24(22,23)16-9-7-15(8-10-16)17(21)18-11-3-5-13-20/h7-10,14,20H,2-6,11-13H2,1H3,(H,18,21)/t14-/m0/s1. The lowest BCUT2D eigenvalue weighted by Gasteiger charge is -2.32. The van der Waals surface area contributed by atoms with Gasteiger partial charge in [-0.25, -0.2) is 8.42 Å². The van der Waals surface area contributed by atoms with E-state index in [1.807, 2.05) is 6.92 Å². The molecule has 24 heavy (non-hydrogen) atoms. The Morgan fingerprint density at radius 3 is 2.58 bits per heavy atom. The van der Waals surface area contributed by atoms with Crippen molar-refractivity contribution in [3.63, 3.8) is 0 Å². The van der Waals surface area contributed by atoms with Crippen LogP contribution in [0.1, 0.15) is 49.4 Å². The summed E-state index contributed by atoms with van der Waals surface area (Å²) in [5.74, 6) is -0.233. The number of nitrogens with one attached hydrogen (secondary N) is 1. The second kappa shape index (κ2) is 8.60. The number of nitrogens with zero attached hydrogens (tertiary/aromatic N) is 1. The van der Waals surface area contributed by atoms with E-state index in [1.54, 1.807) is 16.4 Å². The zero-order valence-electron chi connectivity index (χ0n) is 14.1. The van der Waals surface area contributed by atoms with E-state index in [0.29, 0.717) is 31.5 Å². The molecule has 0 aliphatic carbocycles. The maximum absolute atomic E-state index is 12.7. The van der Waals surface area contributed by atoms with E-state index in [4.69, 9.17) is 5.11 Å². The molecule has 0 unspecified atom stereocenters. The topological polar surface area (TPSA) is 86.7 Å². The number of sulfonamides is 1. The van der Waals surface area contributed by atoms with Crippen LogP contribution < -0.4 is 5.32 Å². The summed E-state index contributed by atoms with van der Waals surface area (Å²) in [5.41, 5.74) is 0.435. The summed E-state index contributed by atoms with van der Waals surface area (Å²) in [7, 11) is -3.50. The monoisotopic (exact) mass is 354 g/mol. The lowest BCUT2D eigenvalue weighted by Crippen LogP contribution is -2.41. The predicted molar refractivity (Wildman–Crippen MR) is 92.3 cm³/mol. The number of benzene rings is 1. The van der Waals surface area contributed by atoms with Gasteiger partial charge < -0.3 is 10.4 Å². The highest BCUT2D eigenvalue weighted by Crippen LogP contribution is 2.25. The molecule has 7 heteroatoms. The van der Waals surface area contributed by atoms with Gasteiger partial charge in [-0.15, -0.1) is 0 Å². The molecule has 1 aromatic rings. The van der Waals surface area contributed by atoms with Gasteiger partial charge in [0.1, 0.15) is 0 Å². The van der Waals surface area contributed by atoms with Crippen molar-refractivity contribution in [3.8, 4) is 0 Å². The maximum Gasteiger partial charge on any atom is 0.251 e. The van der Waals surface area contributed by atoms with Crippen molar-refractivity contribution in [2.75, 3.05) is 19.7 Å². The van der Waals surface area contributed by atoms with Crippen molar-refractivity contribution in [3.05, 3.63) is 29.8 Å². The molecular formula is C17H26N2O4S. The van der Waals surface area contributed by atoms with Crippen molar-refractivity contribution in [1.29, 1.82) is 0 Å². The molecule has 0 saturated carbocycles. The number of rotatable bonds is 7. The van der Waals surface area contributed by atoms with Gasteiger partial charge in [-0.3, -0.25) is 4.79 Å². The summed E-state index contributed by atoms with van der Waals surface area (Å²) in [4.78, 5) is 12.2. The number of aliphatic hydroxyl groups excluding tert-OH is 1. The summed E-state index contributed by atoms with van der Waals surface area (Å²) >= 11 is 0. The van der Waals surface area contributed by atoms with E-state index in [2.05, 4.69) is 5.32 Å². The van der Waals surface area contributed by atoms with Crippen LogP contribution in [0.5, 0.6) is 0 Å². The van der Waals surface area contributed by atoms with Gasteiger partial charge in [0.15, 0.2) is 0 Å². The average Bonchev–Trinajstić information content (AvgIpc) is 2.59. The fraction of sp³-hybridized carbons (Fsp3) is 0.588. The van der Waals surface area contributed by atoms with Crippen LogP contribution in [0.25, 0.3) is 0 Å². The van der Waals surface area contributed by atoms with Crippen LogP contribution in [0.3, 0.4) is 0 Å². The Morgan fingerprint density at radius 1 is 1.25 bits per heavy atom. The maximum atomic E-state index is 12.7. The summed E-state index contributed by atoms with van der Waals surface area (Å²) in [6.45, 7) is 3.09. The molecule has 1 aromatic carbocycles. The van der Waals surface area contributed by atoms with Crippen LogP contribution >= 0.6 is 0 Å². The van der Waals surface area contributed by atoms with E-state index >= 15 is 0 Å². The van der Waals surface area contributed by atoms with E-state index in [9.17, 15) is 13.2 Å². The van der Waals surface area contributed by atoms with Crippen molar-refractivity contribution in [1.82, 2.24) is 9.62 Å². The van der Waals surface area contributed by atoms with Crippen LogP contribution in [-0.4, -0.2) is 49.5 Å². The molecule has 6 nitrogen and oxygen atoms in total. The van der Waals surface area contributed by atoms with E-state index in [1.165, 1.54) is 12.1 Å². The molecule has 2 rings (SSSR count). The molecule has 0 radical (unpaired) electrons. The van der Waals surface area contributed by atoms with Gasteiger partial charge in [0.25, 0.3) is 5.91 Å². The predicted octanol–water partition coefficient (Wildman–Crippen LogP) is 1.75. The molecule has 1 aliphatic heterocycles. The van der Waals surface area contributed by atoms with Gasteiger partial charge in [-0.05, 0) is 56.9 Å². The van der Waals surface area contributed by atoms with Crippen molar-refractivity contribution in [2.45, 2.75) is 50.0 Å². The Bertz CT molecular complexity index is 643. The smallest absolute Gasteiger partial charge is 0.251 e. The van der Waals surface area contributed by atoms with Crippen molar-refractivity contribution in [2.24, 2.45) is 0 Å². The van der Waals surface area contributed by atoms with Crippen molar-refractivity contribution >= 4 is 15.9 Å². The molecule has 1 aliphatic rings. The second-order valence-electron chi connectivity index (χ2n) is 6.17. The van der Waals surface area contributed by atoms with E-state index in [0.717, 1.165) is 19.3 Å². The zero-order chi connectivity index (χ0) is 17.6. The number of carbonyl (C=O) groups excluding carboxylic acids is 1. The first-order valence-electron chi connectivity index (χ1n) is 8.48. The quantitative estimate of drug-likeness (QED) is 0.731. The number of piperidine rings is 1. The first-order chi connectivity index (χ1) is 11.5. The molecule has 0 spiro atoms. The number of hydrogen-bond acceptors (Lipinski definition) is 4. The highest BCUT2D eigenvalue weighted by Gasteiger charge is 2.30. The Balaban J connectivity index is 2.04. The van der Waals surface area contributed by atoms with Gasteiger partial charge in [-0.2, -0.15) is 4.31 Å². The summed E-state index contributed by atoms with van der Waals surface area (Å²) in [5, 5.41) is 11.5. The van der Waals surface area contributed by atoms with E-state index < -0.39 is 10.0 Å². The normalized spacial score (nSPS) is 19.2. The van der Waals surface area contributed by atoms with E-state index in [-0.39, 0.29) is 23.5 Å². The van der Waals surface area contributed by atoms with Crippen molar-refractivity contribution < 1.29 is 18.3 Å². The molecule has 1 saturated heterocycles. The van der Waals surface area contributed by atoms with Crippen LogP contribution in [0, 0.1) is 0 Å². The SMILES string of the molecule is C[C@H]1CCCCN1S(=O)(=O)c1ccc(C(=O)NCCCCO)cc1. The third-order valence-electron chi connectivity index (χ3n) is 4.34. The molecule has 0 aromatic heterocycles. The van der Waals surface area contributed by atoms with Gasteiger partial charge >= 0.3 is 0 Å². The summed E-state index contributed by atoms with van der Waals surface area (Å²) in [6, 6.07) is 6.10. The first-order valence-corrected chi connectivity index (χ1v) is 9.92. The Hall–Kier alpha value is -1.44. The molecule has 1 atom stereocenters. The van der Waals surface area contributed by atoms with Crippen LogP contribution in [0.4, 0.5) is 0 Å². The number of hydrogen-bond donors (Lipinski definition) is 2. The Morgan fingerprint density at radius 2 is 1.96 bits per heavy atom. The minimum absolute atomic E-state index is 0.0123.